The first-order valence-electron chi connectivity index (χ1n) is 9.73. The van der Waals surface area contributed by atoms with E-state index in [0.29, 0.717) is 25.0 Å². The Labute approximate surface area is 169 Å². The van der Waals surface area contributed by atoms with Crippen molar-refractivity contribution in [2.75, 3.05) is 25.0 Å². The fourth-order valence-electron chi connectivity index (χ4n) is 3.40. The molecule has 0 amide bonds. The highest BCUT2D eigenvalue weighted by atomic mass is 16.1. The minimum Gasteiger partial charge on any atom is -0.333 e. The number of ketones is 1. The molecule has 4 rings (SSSR count). The smallest absolute Gasteiger partial charge is 0.248 e. The Kier molecular flexibility index (Phi) is 5.37. The third kappa shape index (κ3) is 4.34. The summed E-state index contributed by atoms with van der Waals surface area (Å²) in [4.78, 5) is 22.3. The monoisotopic (exact) mass is 388 g/mol. The van der Waals surface area contributed by atoms with Crippen LogP contribution < -0.4 is 5.32 Å². The highest BCUT2D eigenvalue weighted by molar-refractivity contribution is 5.95. The molecule has 0 fully saturated rings. The number of aromatic amines is 1. The first-order chi connectivity index (χ1) is 14.1. The number of aliphatic imine (C=N–C) groups is 1. The van der Waals surface area contributed by atoms with Crippen LogP contribution in [0.2, 0.25) is 0 Å². The maximum absolute atomic E-state index is 11.4. The van der Waals surface area contributed by atoms with Gasteiger partial charge in [-0.25, -0.2) is 0 Å². The number of guanidine groups is 1. The lowest BCUT2D eigenvalue weighted by molar-refractivity contribution is -0.117. The van der Waals surface area contributed by atoms with Crippen molar-refractivity contribution in [2.45, 2.75) is 19.8 Å². The minimum absolute atomic E-state index is 0.0710. The summed E-state index contributed by atoms with van der Waals surface area (Å²) in [6.45, 7) is 5.40. The van der Waals surface area contributed by atoms with Gasteiger partial charge in [-0.1, -0.05) is 61.5 Å². The molecule has 1 unspecified atom stereocenters. The average Bonchev–Trinajstić information content (AvgIpc) is 3.38. The van der Waals surface area contributed by atoms with Crippen LogP contribution in [0.3, 0.4) is 0 Å². The van der Waals surface area contributed by atoms with Crippen molar-refractivity contribution in [2.24, 2.45) is 4.99 Å². The number of rotatable bonds is 6. The molecule has 1 aliphatic rings. The summed E-state index contributed by atoms with van der Waals surface area (Å²) in [5, 5.41) is 10.4. The van der Waals surface area contributed by atoms with Crippen LogP contribution in [-0.4, -0.2) is 51.5 Å². The summed E-state index contributed by atoms with van der Waals surface area (Å²) in [5.41, 5.74) is 3.54. The van der Waals surface area contributed by atoms with Gasteiger partial charge >= 0.3 is 0 Å². The van der Waals surface area contributed by atoms with Gasteiger partial charge in [0.15, 0.2) is 0 Å². The van der Waals surface area contributed by atoms with Gasteiger partial charge in [-0.2, -0.15) is 4.98 Å². The first kappa shape index (κ1) is 18.9. The minimum atomic E-state index is 0.0710. The first-order valence-corrected chi connectivity index (χ1v) is 9.73. The highest BCUT2D eigenvalue weighted by Gasteiger charge is 2.20. The zero-order valence-electron chi connectivity index (χ0n) is 16.6. The second-order valence-electron chi connectivity index (χ2n) is 7.21. The molecule has 2 N–H and O–H groups in total. The zero-order chi connectivity index (χ0) is 20.2. The number of hydrogen-bond acceptors (Lipinski definition) is 6. The van der Waals surface area contributed by atoms with Gasteiger partial charge in [-0.3, -0.25) is 20.2 Å². The third-order valence-corrected chi connectivity index (χ3v) is 5.00. The molecule has 0 spiro atoms. The van der Waals surface area contributed by atoms with E-state index in [-0.39, 0.29) is 11.7 Å². The van der Waals surface area contributed by atoms with E-state index in [9.17, 15) is 4.79 Å². The summed E-state index contributed by atoms with van der Waals surface area (Å²) in [6, 6.07) is 18.8. The van der Waals surface area contributed by atoms with Crippen LogP contribution >= 0.6 is 0 Å². The van der Waals surface area contributed by atoms with Crippen molar-refractivity contribution >= 4 is 17.7 Å². The lowest BCUT2D eigenvalue weighted by Crippen LogP contribution is -2.36. The number of nitrogens with zero attached hydrogens (tertiary/aromatic N) is 4. The number of anilines is 1. The van der Waals surface area contributed by atoms with Crippen molar-refractivity contribution in [3.8, 4) is 11.1 Å². The average molecular weight is 388 g/mol. The number of H-pyrrole nitrogens is 1. The summed E-state index contributed by atoms with van der Waals surface area (Å²) >= 11 is 0. The van der Waals surface area contributed by atoms with E-state index < -0.39 is 0 Å². The van der Waals surface area contributed by atoms with Crippen molar-refractivity contribution in [3.05, 3.63) is 66.0 Å². The number of hydrogen-bond donors (Lipinski definition) is 2. The molecule has 2 heterocycles. The van der Waals surface area contributed by atoms with Crippen molar-refractivity contribution < 1.29 is 4.79 Å². The maximum Gasteiger partial charge on any atom is 0.248 e. The van der Waals surface area contributed by atoms with Crippen LogP contribution in [0.15, 0.2) is 59.6 Å². The SMILES string of the molecule is CC(=O)CN1CCN=C1Nc1n[nH]c(C(C)c2ccc(-c3ccccc3)cc2)n1. The molecule has 7 nitrogen and oxygen atoms in total. The second kappa shape index (κ2) is 8.26. The van der Waals surface area contributed by atoms with Crippen molar-refractivity contribution in [3.63, 3.8) is 0 Å². The number of carbonyl (C=O) groups is 1. The Morgan fingerprint density at radius 2 is 1.86 bits per heavy atom. The summed E-state index contributed by atoms with van der Waals surface area (Å²) in [6.07, 6.45) is 0. The normalized spacial score (nSPS) is 14.6. The van der Waals surface area contributed by atoms with Crippen LogP contribution in [0.5, 0.6) is 0 Å². The number of aromatic nitrogens is 3. The quantitative estimate of drug-likeness (QED) is 0.677. The topological polar surface area (TPSA) is 86.3 Å². The number of benzene rings is 2. The van der Waals surface area contributed by atoms with Crippen LogP contribution in [0, 0.1) is 0 Å². The third-order valence-electron chi connectivity index (χ3n) is 5.00. The number of nitrogens with one attached hydrogen (secondary N) is 2. The van der Waals surface area contributed by atoms with E-state index in [1.807, 2.05) is 23.1 Å². The van der Waals surface area contributed by atoms with E-state index in [4.69, 9.17) is 0 Å². The molecule has 0 bridgehead atoms. The van der Waals surface area contributed by atoms with Gasteiger partial charge in [0.1, 0.15) is 11.6 Å². The summed E-state index contributed by atoms with van der Waals surface area (Å²) in [7, 11) is 0. The van der Waals surface area contributed by atoms with Crippen LogP contribution in [-0.2, 0) is 4.79 Å². The Hall–Kier alpha value is -3.48. The molecule has 0 radical (unpaired) electrons. The van der Waals surface area contributed by atoms with Crippen molar-refractivity contribution in [1.82, 2.24) is 20.1 Å². The Morgan fingerprint density at radius 3 is 2.59 bits per heavy atom. The maximum atomic E-state index is 11.4. The van der Waals surface area contributed by atoms with E-state index in [1.165, 1.54) is 11.1 Å². The molecular formula is C22H24N6O. The fourth-order valence-corrected chi connectivity index (χ4v) is 3.40. The van der Waals surface area contributed by atoms with Crippen LogP contribution in [0.1, 0.15) is 31.2 Å². The largest absolute Gasteiger partial charge is 0.333 e. The van der Waals surface area contributed by atoms with Gasteiger partial charge in [-0.15, -0.1) is 5.10 Å². The molecule has 148 valence electrons. The standard InChI is InChI=1S/C22H24N6O/c1-15(29)14-28-13-12-23-22(28)25-21-24-20(26-27-21)16(2)17-8-10-19(11-9-17)18-6-4-3-5-7-18/h3-11,16H,12-14H2,1-2H3,(H2,23,24,25,26,27). The summed E-state index contributed by atoms with van der Waals surface area (Å²) < 4.78 is 0. The summed E-state index contributed by atoms with van der Waals surface area (Å²) in [5.74, 6) is 2.05. The Balaban J connectivity index is 1.44. The van der Waals surface area contributed by atoms with E-state index in [2.05, 4.69) is 68.8 Å². The van der Waals surface area contributed by atoms with Gasteiger partial charge in [0.2, 0.25) is 11.9 Å². The molecule has 2 aromatic carbocycles. The van der Waals surface area contributed by atoms with Gasteiger partial charge in [-0.05, 0) is 23.6 Å². The second-order valence-corrected chi connectivity index (χ2v) is 7.21. The van der Waals surface area contributed by atoms with E-state index >= 15 is 0 Å². The van der Waals surface area contributed by atoms with Gasteiger partial charge in [0.05, 0.1) is 13.1 Å². The number of carbonyl (C=O) groups excluding carboxylic acids is 1. The predicted octanol–water partition coefficient (Wildman–Crippen LogP) is 3.30. The Bertz CT molecular complexity index is 1010. The van der Waals surface area contributed by atoms with Crippen LogP contribution in [0.25, 0.3) is 11.1 Å². The molecule has 29 heavy (non-hydrogen) atoms. The number of Topliss-reactive ketones (excluding diaryl/α,β-unsaturated/α-hetero) is 1. The van der Waals surface area contributed by atoms with Gasteiger partial charge in [0, 0.05) is 12.5 Å². The van der Waals surface area contributed by atoms with Gasteiger partial charge < -0.3 is 4.90 Å². The predicted molar refractivity (Wildman–Crippen MR) is 114 cm³/mol. The van der Waals surface area contributed by atoms with Gasteiger partial charge in [0.25, 0.3) is 0 Å². The molecule has 1 aromatic heterocycles. The molecule has 0 saturated carbocycles. The highest BCUT2D eigenvalue weighted by Crippen LogP contribution is 2.25. The molecule has 0 saturated heterocycles. The van der Waals surface area contributed by atoms with Crippen LogP contribution in [0.4, 0.5) is 5.95 Å². The molecule has 1 aliphatic heterocycles. The Morgan fingerprint density at radius 1 is 1.14 bits per heavy atom. The molecular weight excluding hydrogens is 364 g/mol. The molecule has 7 heteroatoms. The molecule has 0 aliphatic carbocycles. The molecule has 1 atom stereocenters. The fraction of sp³-hybridized carbons (Fsp3) is 0.273. The van der Waals surface area contributed by atoms with E-state index in [0.717, 1.165) is 17.9 Å². The lowest BCUT2D eigenvalue weighted by atomic mass is 9.97. The van der Waals surface area contributed by atoms with E-state index in [1.54, 1.807) is 6.92 Å². The molecule has 3 aromatic rings. The lowest BCUT2D eigenvalue weighted by Gasteiger charge is -2.17. The zero-order valence-corrected chi connectivity index (χ0v) is 16.6. The van der Waals surface area contributed by atoms with Crippen molar-refractivity contribution in [1.29, 1.82) is 0 Å².